The van der Waals surface area contributed by atoms with Crippen LogP contribution in [0.3, 0.4) is 0 Å². The SMILES string of the molecule is O=C(O)C1CCc2sc(NCC3CCCO3)nc21. The van der Waals surface area contributed by atoms with Crippen LogP contribution >= 0.6 is 11.3 Å². The van der Waals surface area contributed by atoms with Gasteiger partial charge in [0.15, 0.2) is 5.13 Å². The topological polar surface area (TPSA) is 71.5 Å². The van der Waals surface area contributed by atoms with E-state index < -0.39 is 11.9 Å². The van der Waals surface area contributed by atoms with Crippen LogP contribution < -0.4 is 5.32 Å². The summed E-state index contributed by atoms with van der Waals surface area (Å²) in [5, 5.41) is 13.2. The number of carboxylic acid groups (broad SMARTS) is 1. The molecular weight excluding hydrogens is 252 g/mol. The summed E-state index contributed by atoms with van der Waals surface area (Å²) in [4.78, 5) is 16.6. The Morgan fingerprint density at radius 1 is 1.56 bits per heavy atom. The first-order valence-corrected chi connectivity index (χ1v) is 7.13. The third-order valence-corrected chi connectivity index (χ3v) is 4.61. The monoisotopic (exact) mass is 268 g/mol. The Balaban J connectivity index is 1.64. The number of hydrogen-bond acceptors (Lipinski definition) is 5. The summed E-state index contributed by atoms with van der Waals surface area (Å²) in [5.41, 5.74) is 0.766. The molecule has 0 bridgehead atoms. The van der Waals surface area contributed by atoms with Crippen molar-refractivity contribution in [1.82, 2.24) is 4.98 Å². The molecule has 2 atom stereocenters. The van der Waals surface area contributed by atoms with Gasteiger partial charge in [0.05, 0.1) is 11.8 Å². The lowest BCUT2D eigenvalue weighted by molar-refractivity contribution is -0.138. The molecular formula is C12H16N2O3S. The normalized spacial score (nSPS) is 26.2. The predicted octanol–water partition coefficient (Wildman–Crippen LogP) is 1.85. The van der Waals surface area contributed by atoms with Crippen LogP contribution in [0.1, 0.15) is 35.8 Å². The van der Waals surface area contributed by atoms with Crippen LogP contribution in [0.4, 0.5) is 5.13 Å². The first-order valence-electron chi connectivity index (χ1n) is 6.32. The van der Waals surface area contributed by atoms with Crippen molar-refractivity contribution < 1.29 is 14.6 Å². The molecule has 98 valence electrons. The fraction of sp³-hybridized carbons (Fsp3) is 0.667. The molecule has 0 amide bonds. The molecule has 0 radical (unpaired) electrons. The average Bonchev–Trinajstić information content (AvgIpc) is 3.02. The van der Waals surface area contributed by atoms with Gasteiger partial charge in [-0.15, -0.1) is 11.3 Å². The molecule has 1 saturated heterocycles. The van der Waals surface area contributed by atoms with Gasteiger partial charge in [-0.2, -0.15) is 0 Å². The molecule has 0 aromatic carbocycles. The number of carbonyl (C=O) groups is 1. The molecule has 0 spiro atoms. The number of aryl methyl sites for hydroxylation is 1. The highest BCUT2D eigenvalue weighted by Gasteiger charge is 2.32. The molecule has 2 unspecified atom stereocenters. The molecule has 2 aliphatic rings. The third-order valence-electron chi connectivity index (χ3n) is 3.52. The van der Waals surface area contributed by atoms with Crippen molar-refractivity contribution in [3.05, 3.63) is 10.6 Å². The molecule has 1 aromatic rings. The van der Waals surface area contributed by atoms with Crippen molar-refractivity contribution in [2.24, 2.45) is 0 Å². The van der Waals surface area contributed by atoms with Gasteiger partial charge in [-0.05, 0) is 25.7 Å². The molecule has 18 heavy (non-hydrogen) atoms. The molecule has 1 aliphatic carbocycles. The van der Waals surface area contributed by atoms with E-state index in [0.717, 1.165) is 48.1 Å². The van der Waals surface area contributed by atoms with Crippen LogP contribution in [0.25, 0.3) is 0 Å². The van der Waals surface area contributed by atoms with E-state index in [1.54, 1.807) is 11.3 Å². The smallest absolute Gasteiger partial charge is 0.312 e. The second-order valence-corrected chi connectivity index (χ2v) is 5.86. The minimum atomic E-state index is -0.760. The van der Waals surface area contributed by atoms with E-state index in [-0.39, 0.29) is 6.10 Å². The molecule has 5 nitrogen and oxygen atoms in total. The fourth-order valence-corrected chi connectivity index (χ4v) is 3.59. The molecule has 1 aliphatic heterocycles. The van der Waals surface area contributed by atoms with Crippen molar-refractivity contribution in [2.45, 2.75) is 37.7 Å². The largest absolute Gasteiger partial charge is 0.481 e. The number of fused-ring (bicyclic) bond motifs is 1. The summed E-state index contributed by atoms with van der Waals surface area (Å²) in [6, 6.07) is 0. The number of nitrogens with one attached hydrogen (secondary N) is 1. The van der Waals surface area contributed by atoms with Crippen molar-refractivity contribution in [3.8, 4) is 0 Å². The summed E-state index contributed by atoms with van der Waals surface area (Å²) in [6.45, 7) is 1.62. The average molecular weight is 268 g/mol. The first kappa shape index (κ1) is 11.9. The molecule has 6 heteroatoms. The molecule has 2 heterocycles. The van der Waals surface area contributed by atoms with Gasteiger partial charge in [0.2, 0.25) is 0 Å². The van der Waals surface area contributed by atoms with Crippen LogP contribution in [0.5, 0.6) is 0 Å². The van der Waals surface area contributed by atoms with E-state index in [1.165, 1.54) is 0 Å². The maximum absolute atomic E-state index is 11.1. The van der Waals surface area contributed by atoms with E-state index in [0.29, 0.717) is 6.42 Å². The van der Waals surface area contributed by atoms with Gasteiger partial charge < -0.3 is 15.2 Å². The second kappa shape index (κ2) is 4.85. The van der Waals surface area contributed by atoms with Gasteiger partial charge in [0.1, 0.15) is 5.92 Å². The summed E-state index contributed by atoms with van der Waals surface area (Å²) >= 11 is 1.59. The highest BCUT2D eigenvalue weighted by molar-refractivity contribution is 7.15. The van der Waals surface area contributed by atoms with E-state index in [9.17, 15) is 4.79 Å². The number of ether oxygens (including phenoxy) is 1. The molecule has 0 saturated carbocycles. The zero-order chi connectivity index (χ0) is 12.5. The summed E-state index contributed by atoms with van der Waals surface area (Å²) in [6.07, 6.45) is 4.03. The minimum Gasteiger partial charge on any atom is -0.481 e. The van der Waals surface area contributed by atoms with Crippen LogP contribution in [-0.2, 0) is 16.0 Å². The summed E-state index contributed by atoms with van der Waals surface area (Å²) in [5.74, 6) is -1.17. The Kier molecular flexibility index (Phi) is 3.22. The van der Waals surface area contributed by atoms with Crippen molar-refractivity contribution in [3.63, 3.8) is 0 Å². The summed E-state index contributed by atoms with van der Waals surface area (Å²) < 4.78 is 5.53. The predicted molar refractivity (Wildman–Crippen MR) is 68.3 cm³/mol. The molecule has 3 rings (SSSR count). The van der Waals surface area contributed by atoms with E-state index in [4.69, 9.17) is 9.84 Å². The number of nitrogens with zero attached hydrogens (tertiary/aromatic N) is 1. The van der Waals surface area contributed by atoms with E-state index >= 15 is 0 Å². The number of thiazole rings is 1. The van der Waals surface area contributed by atoms with Gasteiger partial charge in [0.25, 0.3) is 0 Å². The van der Waals surface area contributed by atoms with E-state index in [1.807, 2.05) is 0 Å². The molecule has 2 N–H and O–H groups in total. The van der Waals surface area contributed by atoms with Gasteiger partial charge in [-0.25, -0.2) is 4.98 Å². The number of aliphatic carboxylic acids is 1. The quantitative estimate of drug-likeness (QED) is 0.872. The van der Waals surface area contributed by atoms with Gasteiger partial charge in [-0.3, -0.25) is 4.79 Å². The molecule has 1 fully saturated rings. The molecule has 1 aromatic heterocycles. The van der Waals surface area contributed by atoms with Crippen LogP contribution in [-0.4, -0.2) is 35.3 Å². The highest BCUT2D eigenvalue weighted by atomic mass is 32.1. The van der Waals surface area contributed by atoms with Crippen LogP contribution in [0.2, 0.25) is 0 Å². The zero-order valence-electron chi connectivity index (χ0n) is 10.0. The second-order valence-electron chi connectivity index (χ2n) is 4.77. The van der Waals surface area contributed by atoms with Gasteiger partial charge in [0, 0.05) is 18.0 Å². The Labute approximate surface area is 109 Å². The lowest BCUT2D eigenvalue weighted by atomic mass is 10.1. The third kappa shape index (κ3) is 2.22. The maximum atomic E-state index is 11.1. The van der Waals surface area contributed by atoms with Crippen LogP contribution in [0, 0.1) is 0 Å². The Hall–Kier alpha value is -1.14. The Morgan fingerprint density at radius 2 is 2.44 bits per heavy atom. The Bertz CT molecular complexity index is 454. The van der Waals surface area contributed by atoms with Crippen LogP contribution in [0.15, 0.2) is 0 Å². The number of rotatable bonds is 4. The number of aromatic nitrogens is 1. The summed E-state index contributed by atoms with van der Waals surface area (Å²) in [7, 11) is 0. The first-order chi connectivity index (χ1) is 8.74. The highest BCUT2D eigenvalue weighted by Crippen LogP contribution is 2.38. The Morgan fingerprint density at radius 3 is 3.17 bits per heavy atom. The lowest BCUT2D eigenvalue weighted by Crippen LogP contribution is -2.18. The van der Waals surface area contributed by atoms with Gasteiger partial charge in [-0.1, -0.05) is 0 Å². The number of carboxylic acids is 1. The van der Waals surface area contributed by atoms with E-state index in [2.05, 4.69) is 10.3 Å². The van der Waals surface area contributed by atoms with Gasteiger partial charge >= 0.3 is 5.97 Å². The fourth-order valence-electron chi connectivity index (χ4n) is 2.55. The number of hydrogen-bond donors (Lipinski definition) is 2. The zero-order valence-corrected chi connectivity index (χ0v) is 10.8. The van der Waals surface area contributed by atoms with Crippen molar-refractivity contribution >= 4 is 22.4 Å². The lowest BCUT2D eigenvalue weighted by Gasteiger charge is -2.09. The maximum Gasteiger partial charge on any atom is 0.312 e. The standard InChI is InChI=1S/C12H16N2O3S/c15-11(16)8-3-4-9-10(8)14-12(18-9)13-6-7-2-1-5-17-7/h7-8H,1-6H2,(H,13,14)(H,15,16). The number of anilines is 1. The van der Waals surface area contributed by atoms with Crippen molar-refractivity contribution in [1.29, 1.82) is 0 Å². The minimum absolute atomic E-state index is 0.277. The van der Waals surface area contributed by atoms with Crippen molar-refractivity contribution in [2.75, 3.05) is 18.5 Å².